The topological polar surface area (TPSA) is 218 Å². The van der Waals surface area contributed by atoms with Crippen LogP contribution in [0.4, 0.5) is 11.4 Å². The molecule has 14 nitrogen and oxygen atoms in total. The standard InChI is InChI=1S/C56H32N2O12/c59-47(37-3-1-5-41(27-37)57-51(63)43-23-21-39(29-45(43)53(57)65)49(61)33-13-17-35(18-14-33)55(67)68)25-11-31-7-9-32(10-8-31)12-26-48(60)38-4-2-6-42(28-38)58-52(64)44-24-22-40(30-46(44)54(58)66)50(62)34-15-19-36(20-16-34)56(69)70/h1-30H,(H,67,68)(H,69,70)/b25-11+,26-12+. The fourth-order valence-electron chi connectivity index (χ4n) is 7.95. The van der Waals surface area contributed by atoms with Gasteiger partial charge in [-0.25, -0.2) is 19.4 Å². The number of hydrogen-bond donors (Lipinski definition) is 2. The van der Waals surface area contributed by atoms with Crippen molar-refractivity contribution in [3.05, 3.63) is 248 Å². The number of fused-ring (bicyclic) bond motifs is 2. The van der Waals surface area contributed by atoms with E-state index in [1.54, 1.807) is 36.4 Å². The molecular formula is C56H32N2O12. The van der Waals surface area contributed by atoms with E-state index in [-0.39, 0.29) is 78.1 Å². The SMILES string of the molecule is O=C(O)c1ccc(C(=O)c2ccc3c(c2)C(=O)N(c2cccc(C(=O)/C=C/c4ccc(/C=C/C(=O)c5cccc(N6C(=O)c7ccc(C(=O)c8ccc(C(=O)O)cc8)cc7C6=O)c5)cc4)c2)C3=O)cc1. The van der Waals surface area contributed by atoms with E-state index < -0.39 is 58.7 Å². The molecule has 7 aromatic rings. The molecule has 0 radical (unpaired) electrons. The zero-order chi connectivity index (χ0) is 49.4. The van der Waals surface area contributed by atoms with Crippen LogP contribution in [0.5, 0.6) is 0 Å². The molecular weight excluding hydrogens is 893 g/mol. The fourth-order valence-corrected chi connectivity index (χ4v) is 7.95. The molecule has 2 aliphatic heterocycles. The second-order valence-electron chi connectivity index (χ2n) is 16.0. The van der Waals surface area contributed by atoms with E-state index in [9.17, 15) is 47.9 Å². The van der Waals surface area contributed by atoms with Crippen molar-refractivity contribution in [3.63, 3.8) is 0 Å². The Labute approximate surface area is 396 Å². The zero-order valence-corrected chi connectivity index (χ0v) is 36.2. The second kappa shape index (κ2) is 18.3. The van der Waals surface area contributed by atoms with Crippen molar-refractivity contribution in [1.29, 1.82) is 0 Å². The lowest BCUT2D eigenvalue weighted by molar-refractivity contribution is 0.0686. The van der Waals surface area contributed by atoms with Gasteiger partial charge in [0.1, 0.15) is 0 Å². The number of aromatic carboxylic acids is 2. The van der Waals surface area contributed by atoms with Gasteiger partial charge < -0.3 is 10.2 Å². The lowest BCUT2D eigenvalue weighted by Gasteiger charge is -2.14. The Morgan fingerprint density at radius 2 is 0.671 bits per heavy atom. The monoisotopic (exact) mass is 924 g/mol. The highest BCUT2D eigenvalue weighted by molar-refractivity contribution is 6.36. The highest BCUT2D eigenvalue weighted by Gasteiger charge is 2.39. The highest BCUT2D eigenvalue weighted by atomic mass is 16.4. The van der Waals surface area contributed by atoms with Crippen molar-refractivity contribution in [2.45, 2.75) is 0 Å². The van der Waals surface area contributed by atoms with Crippen LogP contribution >= 0.6 is 0 Å². The van der Waals surface area contributed by atoms with Gasteiger partial charge in [-0.3, -0.25) is 38.4 Å². The van der Waals surface area contributed by atoms with Crippen LogP contribution in [0.25, 0.3) is 12.2 Å². The van der Waals surface area contributed by atoms with Crippen molar-refractivity contribution in [3.8, 4) is 0 Å². The molecule has 2 heterocycles. The number of carbonyl (C=O) groups is 10. The molecule has 2 N–H and O–H groups in total. The number of rotatable bonds is 14. The number of carboxylic acid groups (broad SMARTS) is 2. The molecule has 0 saturated carbocycles. The molecule has 0 aromatic heterocycles. The summed E-state index contributed by atoms with van der Waals surface area (Å²) in [6.07, 6.45) is 5.82. The van der Waals surface area contributed by atoms with Crippen LogP contribution in [0.1, 0.15) is 126 Å². The summed E-state index contributed by atoms with van der Waals surface area (Å²) >= 11 is 0. The van der Waals surface area contributed by atoms with Crippen LogP contribution in [-0.4, -0.2) is 68.9 Å². The summed E-state index contributed by atoms with van der Waals surface area (Å²) in [6.45, 7) is 0. The molecule has 0 saturated heterocycles. The Bertz CT molecular complexity index is 3300. The molecule has 0 spiro atoms. The van der Waals surface area contributed by atoms with Gasteiger partial charge in [-0.1, -0.05) is 97.1 Å². The smallest absolute Gasteiger partial charge is 0.335 e. The number of carbonyl (C=O) groups excluding carboxylic acids is 8. The summed E-state index contributed by atoms with van der Waals surface area (Å²) in [5.41, 5.74) is 2.83. The first-order valence-electron chi connectivity index (χ1n) is 21.2. The van der Waals surface area contributed by atoms with E-state index in [0.29, 0.717) is 11.1 Å². The van der Waals surface area contributed by atoms with Gasteiger partial charge in [0, 0.05) is 33.4 Å². The Morgan fingerprint density at radius 3 is 1.03 bits per heavy atom. The maximum Gasteiger partial charge on any atom is 0.335 e. The molecule has 0 aliphatic carbocycles. The van der Waals surface area contributed by atoms with Crippen molar-refractivity contribution in [2.24, 2.45) is 0 Å². The summed E-state index contributed by atoms with van der Waals surface area (Å²) in [6, 6.07) is 37.8. The predicted molar refractivity (Wildman–Crippen MR) is 255 cm³/mol. The number of hydrogen-bond acceptors (Lipinski definition) is 10. The van der Waals surface area contributed by atoms with Gasteiger partial charge >= 0.3 is 11.9 Å². The largest absolute Gasteiger partial charge is 0.478 e. The van der Waals surface area contributed by atoms with Gasteiger partial charge in [-0.2, -0.15) is 0 Å². The number of anilines is 2. The number of nitrogens with zero attached hydrogens (tertiary/aromatic N) is 2. The molecule has 2 aliphatic rings. The quantitative estimate of drug-likeness (QED) is 0.0594. The average Bonchev–Trinajstić information content (AvgIpc) is 3.79. The molecule has 0 unspecified atom stereocenters. The summed E-state index contributed by atoms with van der Waals surface area (Å²) in [7, 11) is 0. The molecule has 14 heteroatoms. The van der Waals surface area contributed by atoms with Gasteiger partial charge in [-0.05, 0) is 96.1 Å². The molecule has 0 atom stereocenters. The Kier molecular flexibility index (Phi) is 11.8. The number of benzene rings is 7. The molecule has 0 fully saturated rings. The fraction of sp³-hybridized carbons (Fsp3) is 0. The Hall–Kier alpha value is -10.1. The molecule has 9 rings (SSSR count). The number of amides is 4. The minimum Gasteiger partial charge on any atom is -0.478 e. The first-order valence-corrected chi connectivity index (χ1v) is 21.2. The van der Waals surface area contributed by atoms with Crippen LogP contribution in [0.2, 0.25) is 0 Å². The molecule has 7 aromatic carbocycles. The number of imide groups is 2. The van der Waals surface area contributed by atoms with Crippen LogP contribution in [0, 0.1) is 0 Å². The number of carboxylic acids is 2. The van der Waals surface area contributed by atoms with Crippen LogP contribution in [-0.2, 0) is 0 Å². The lowest BCUT2D eigenvalue weighted by atomic mass is 9.98. The van der Waals surface area contributed by atoms with Crippen LogP contribution in [0.15, 0.2) is 170 Å². The second-order valence-corrected chi connectivity index (χ2v) is 16.0. The van der Waals surface area contributed by atoms with E-state index in [4.69, 9.17) is 10.2 Å². The number of ketones is 4. The third-order valence-electron chi connectivity index (χ3n) is 11.7. The zero-order valence-electron chi connectivity index (χ0n) is 36.2. The van der Waals surface area contributed by atoms with Crippen LogP contribution < -0.4 is 9.80 Å². The van der Waals surface area contributed by atoms with Gasteiger partial charge in [-0.15, -0.1) is 0 Å². The van der Waals surface area contributed by atoms with Crippen molar-refractivity contribution < 1.29 is 58.2 Å². The van der Waals surface area contributed by atoms with Crippen molar-refractivity contribution >= 4 is 82.2 Å². The minimum atomic E-state index is -1.14. The van der Waals surface area contributed by atoms with Crippen molar-refractivity contribution in [1.82, 2.24) is 0 Å². The third-order valence-corrected chi connectivity index (χ3v) is 11.7. The lowest BCUT2D eigenvalue weighted by Crippen LogP contribution is -2.29. The van der Waals surface area contributed by atoms with Gasteiger partial charge in [0.15, 0.2) is 23.1 Å². The summed E-state index contributed by atoms with van der Waals surface area (Å²) < 4.78 is 0. The van der Waals surface area contributed by atoms with Gasteiger partial charge in [0.05, 0.1) is 44.8 Å². The number of allylic oxidation sites excluding steroid dienone is 2. The minimum absolute atomic E-state index is 0.00498. The average molecular weight is 925 g/mol. The highest BCUT2D eigenvalue weighted by Crippen LogP contribution is 2.32. The van der Waals surface area contributed by atoms with E-state index in [2.05, 4.69) is 0 Å². The van der Waals surface area contributed by atoms with Crippen molar-refractivity contribution in [2.75, 3.05) is 9.80 Å². The Balaban J connectivity index is 0.825. The maximum atomic E-state index is 13.6. The molecule has 4 amide bonds. The summed E-state index contributed by atoms with van der Waals surface area (Å²) in [5.74, 6) is -6.68. The maximum absolute atomic E-state index is 13.6. The van der Waals surface area contributed by atoms with E-state index in [1.165, 1.54) is 146 Å². The molecule has 338 valence electrons. The van der Waals surface area contributed by atoms with E-state index >= 15 is 0 Å². The van der Waals surface area contributed by atoms with E-state index in [1.807, 2.05) is 0 Å². The third kappa shape index (κ3) is 8.58. The first-order chi connectivity index (χ1) is 33.7. The van der Waals surface area contributed by atoms with Gasteiger partial charge in [0.2, 0.25) is 0 Å². The van der Waals surface area contributed by atoms with Gasteiger partial charge in [0.25, 0.3) is 23.6 Å². The molecule has 70 heavy (non-hydrogen) atoms. The first kappa shape index (κ1) is 45.1. The normalized spacial score (nSPS) is 13.0. The Morgan fingerprint density at radius 1 is 0.343 bits per heavy atom. The predicted octanol–water partition coefficient (Wildman–Crippen LogP) is 8.94. The van der Waals surface area contributed by atoms with E-state index in [0.717, 1.165) is 9.80 Å². The summed E-state index contributed by atoms with van der Waals surface area (Å²) in [4.78, 5) is 131. The molecule has 0 bridgehead atoms. The summed E-state index contributed by atoms with van der Waals surface area (Å²) in [5, 5.41) is 18.3. The van der Waals surface area contributed by atoms with Crippen LogP contribution in [0.3, 0.4) is 0 Å².